The molecule has 0 aromatic heterocycles. The summed E-state index contributed by atoms with van der Waals surface area (Å²) < 4.78 is 80.2. The highest BCUT2D eigenvalue weighted by Gasteiger charge is 2.52. The van der Waals surface area contributed by atoms with Crippen LogP contribution in [0.5, 0.6) is 0 Å². The molecule has 0 unspecified atom stereocenters. The van der Waals surface area contributed by atoms with Gasteiger partial charge in [-0.05, 0) is 79.7 Å². The number of thiocarbonyl (C=S) groups is 1. The number of benzene rings is 2. The number of nitrogens with zero attached hydrogens (tertiary/aromatic N) is 1. The molecule has 1 aliphatic carbocycles. The van der Waals surface area contributed by atoms with Gasteiger partial charge in [0.05, 0.1) is 16.7 Å². The maximum Gasteiger partial charge on any atom is 0.416 e. The van der Waals surface area contributed by atoms with E-state index in [1.54, 1.807) is 0 Å². The maximum absolute atomic E-state index is 13.4. The van der Waals surface area contributed by atoms with E-state index in [-0.39, 0.29) is 22.3 Å². The zero-order chi connectivity index (χ0) is 26.4. The van der Waals surface area contributed by atoms with Crippen LogP contribution in [-0.4, -0.2) is 16.6 Å². The number of likely N-dealkylation sites (tertiary alicyclic amines) is 1. The largest absolute Gasteiger partial charge is 0.416 e. The summed E-state index contributed by atoms with van der Waals surface area (Å²) in [6.07, 6.45) is 1.66. The fourth-order valence-electron chi connectivity index (χ4n) is 5.73. The molecular formula is C27H26F6N2S. The first-order valence-corrected chi connectivity index (χ1v) is 12.1. The molecule has 1 saturated heterocycles. The number of halogens is 6. The van der Waals surface area contributed by atoms with Crippen LogP contribution in [0.25, 0.3) is 0 Å². The van der Waals surface area contributed by atoms with Gasteiger partial charge in [-0.1, -0.05) is 37.3 Å². The Labute approximate surface area is 212 Å². The van der Waals surface area contributed by atoms with Crippen molar-refractivity contribution < 1.29 is 26.3 Å². The minimum absolute atomic E-state index is 0.0333. The lowest BCUT2D eigenvalue weighted by Crippen LogP contribution is -2.45. The molecule has 9 heteroatoms. The summed E-state index contributed by atoms with van der Waals surface area (Å²) in [6, 6.07) is 8.91. The number of rotatable bonds is 2. The molecule has 2 aromatic carbocycles. The van der Waals surface area contributed by atoms with E-state index in [9.17, 15) is 26.3 Å². The Morgan fingerprint density at radius 2 is 1.50 bits per heavy atom. The van der Waals surface area contributed by atoms with Crippen LogP contribution < -0.4 is 5.32 Å². The minimum Gasteiger partial charge on any atom is -0.339 e. The molecular weight excluding hydrogens is 498 g/mol. The van der Waals surface area contributed by atoms with E-state index < -0.39 is 29.0 Å². The second-order valence-corrected chi connectivity index (χ2v) is 10.4. The molecule has 1 spiro atoms. The van der Waals surface area contributed by atoms with Crippen molar-refractivity contribution in [1.82, 2.24) is 4.90 Å². The molecule has 2 aromatic rings. The summed E-state index contributed by atoms with van der Waals surface area (Å²) >= 11 is 5.64. The van der Waals surface area contributed by atoms with E-state index in [1.807, 2.05) is 36.1 Å². The Hall–Kier alpha value is -2.73. The van der Waals surface area contributed by atoms with E-state index in [1.165, 1.54) is 0 Å². The lowest BCUT2D eigenvalue weighted by molar-refractivity contribution is -0.143. The van der Waals surface area contributed by atoms with Crippen molar-refractivity contribution in [3.63, 3.8) is 0 Å². The number of anilines is 1. The van der Waals surface area contributed by atoms with E-state index in [0.717, 1.165) is 44.1 Å². The minimum atomic E-state index is -4.94. The van der Waals surface area contributed by atoms with Crippen LogP contribution in [0.15, 0.2) is 42.5 Å². The smallest absolute Gasteiger partial charge is 0.339 e. The molecule has 2 aliphatic rings. The Morgan fingerprint density at radius 1 is 0.944 bits per heavy atom. The number of hydrogen-bond acceptors (Lipinski definition) is 1. The molecule has 36 heavy (non-hydrogen) atoms. The highest BCUT2D eigenvalue weighted by atomic mass is 32.1. The summed E-state index contributed by atoms with van der Waals surface area (Å²) in [7, 11) is 0. The summed E-state index contributed by atoms with van der Waals surface area (Å²) in [5.74, 6) is 2.58. The first-order valence-electron chi connectivity index (χ1n) is 11.7. The average Bonchev–Trinajstić information content (AvgIpc) is 3.11. The first kappa shape index (κ1) is 26.3. The number of alkyl halides is 6. The predicted molar refractivity (Wildman–Crippen MR) is 131 cm³/mol. The van der Waals surface area contributed by atoms with E-state index in [4.69, 9.17) is 18.6 Å². The Bertz CT molecular complexity index is 1140. The third kappa shape index (κ3) is 5.19. The zero-order valence-corrected chi connectivity index (χ0v) is 20.5. The van der Waals surface area contributed by atoms with Gasteiger partial charge in [-0.2, -0.15) is 26.3 Å². The molecule has 1 aliphatic heterocycles. The zero-order valence-electron chi connectivity index (χ0n) is 19.7. The van der Waals surface area contributed by atoms with Gasteiger partial charge in [0.1, 0.15) is 0 Å². The fraction of sp³-hybridized carbons (Fsp3) is 0.444. The monoisotopic (exact) mass is 524 g/mol. The Balaban J connectivity index is 1.71. The number of hydrogen-bond donors (Lipinski definition) is 1. The molecule has 0 radical (unpaired) electrons. The molecule has 4 rings (SSSR count). The molecule has 1 saturated carbocycles. The van der Waals surface area contributed by atoms with Gasteiger partial charge < -0.3 is 10.2 Å². The van der Waals surface area contributed by atoms with Gasteiger partial charge in [-0.25, -0.2) is 0 Å². The van der Waals surface area contributed by atoms with Crippen molar-refractivity contribution in [2.24, 2.45) is 5.41 Å². The Morgan fingerprint density at radius 3 is 2.00 bits per heavy atom. The van der Waals surface area contributed by atoms with Gasteiger partial charge in [0.15, 0.2) is 5.11 Å². The maximum atomic E-state index is 13.4. The van der Waals surface area contributed by atoms with E-state index in [2.05, 4.69) is 11.2 Å². The van der Waals surface area contributed by atoms with E-state index >= 15 is 0 Å². The standard InChI is InChI=1S/C27H26F6N2S/c1-3-18-7-9-19(10-8-18)24(2)16-25(11-5-4-6-12-25)17-35(24)23(36)34-22-14-20(26(28,29)30)13-21(15-22)27(31,32)33/h1,7-10,13-15H,4-6,11-12,16-17H2,2H3,(H,34,36)/t24-/m0/s1. The third-order valence-corrected chi connectivity index (χ3v) is 7.80. The SMILES string of the molecule is C#Cc1ccc([C@]2(C)CC3(CCCCC3)CN2C(=S)Nc2cc(C(F)(F)F)cc(C(F)(F)F)c2)cc1. The van der Waals surface area contributed by atoms with Gasteiger partial charge in [0, 0.05) is 17.8 Å². The second-order valence-electron chi connectivity index (χ2n) is 10.0. The third-order valence-electron chi connectivity index (χ3n) is 7.48. The van der Waals surface area contributed by atoms with E-state index in [0.29, 0.717) is 24.2 Å². The van der Waals surface area contributed by atoms with Crippen LogP contribution in [0.1, 0.15) is 67.7 Å². The molecule has 192 valence electrons. The normalized spacial score (nSPS) is 21.9. The average molecular weight is 525 g/mol. The fourth-order valence-corrected chi connectivity index (χ4v) is 6.11. The van der Waals surface area contributed by atoms with Crippen LogP contribution in [0.2, 0.25) is 0 Å². The summed E-state index contributed by atoms with van der Waals surface area (Å²) in [5.41, 5.74) is -2.12. The lowest BCUT2D eigenvalue weighted by Gasteiger charge is -2.38. The predicted octanol–water partition coefficient (Wildman–Crippen LogP) is 7.97. The van der Waals surface area contributed by atoms with Gasteiger partial charge >= 0.3 is 12.4 Å². The highest BCUT2D eigenvalue weighted by molar-refractivity contribution is 7.80. The van der Waals surface area contributed by atoms with Gasteiger partial charge in [0.25, 0.3) is 0 Å². The van der Waals surface area contributed by atoms with Crippen molar-refractivity contribution in [1.29, 1.82) is 0 Å². The van der Waals surface area contributed by atoms with Crippen molar-refractivity contribution in [3.05, 3.63) is 64.7 Å². The first-order chi connectivity index (χ1) is 16.8. The van der Waals surface area contributed by atoms with Crippen LogP contribution in [0, 0.1) is 17.8 Å². The highest BCUT2D eigenvalue weighted by Crippen LogP contribution is 2.54. The lowest BCUT2D eigenvalue weighted by atomic mass is 9.70. The van der Waals surface area contributed by atoms with Gasteiger partial charge in [0.2, 0.25) is 0 Å². The molecule has 0 bridgehead atoms. The van der Waals surface area contributed by atoms with Crippen LogP contribution in [-0.2, 0) is 17.9 Å². The molecule has 2 fully saturated rings. The number of nitrogens with one attached hydrogen (secondary N) is 1. The van der Waals surface area contributed by atoms with Crippen LogP contribution in [0.4, 0.5) is 32.0 Å². The van der Waals surface area contributed by atoms with Gasteiger partial charge in [-0.15, -0.1) is 6.42 Å². The van der Waals surface area contributed by atoms with Crippen molar-refractivity contribution in [2.75, 3.05) is 11.9 Å². The quantitative estimate of drug-likeness (QED) is 0.244. The summed E-state index contributed by atoms with van der Waals surface area (Å²) in [6.45, 7) is 2.58. The summed E-state index contributed by atoms with van der Waals surface area (Å²) in [4.78, 5) is 1.92. The van der Waals surface area contributed by atoms with Gasteiger partial charge in [-0.3, -0.25) is 0 Å². The van der Waals surface area contributed by atoms with Crippen molar-refractivity contribution in [3.8, 4) is 12.3 Å². The van der Waals surface area contributed by atoms with Crippen LogP contribution in [0.3, 0.4) is 0 Å². The summed E-state index contributed by atoms with van der Waals surface area (Å²) in [5, 5.41) is 2.79. The molecule has 1 atom stereocenters. The second kappa shape index (κ2) is 9.29. The number of terminal acetylenes is 1. The van der Waals surface area contributed by atoms with Crippen LogP contribution >= 0.6 is 12.2 Å². The molecule has 1 heterocycles. The molecule has 1 N–H and O–H groups in total. The Kier molecular flexibility index (Phi) is 6.80. The molecule has 0 amide bonds. The molecule has 2 nitrogen and oxygen atoms in total. The topological polar surface area (TPSA) is 15.3 Å². The van der Waals surface area contributed by atoms with Crippen molar-refractivity contribution >= 4 is 23.0 Å². The van der Waals surface area contributed by atoms with Crippen molar-refractivity contribution in [2.45, 2.75) is 63.3 Å².